The van der Waals surface area contributed by atoms with Gasteiger partial charge in [0, 0.05) is 23.2 Å². The minimum atomic E-state index is 1.03. The minimum Gasteiger partial charge on any atom is -0.256 e. The summed E-state index contributed by atoms with van der Waals surface area (Å²) in [6.07, 6.45) is 3.73. The maximum Gasteiger partial charge on any atom is 0.0708 e. The summed E-state index contributed by atoms with van der Waals surface area (Å²) in [5, 5.41) is 10.3. The van der Waals surface area contributed by atoms with Crippen molar-refractivity contribution in [3.05, 3.63) is 122 Å². The lowest BCUT2D eigenvalue weighted by Crippen LogP contribution is -1.86. The zero-order valence-corrected chi connectivity index (χ0v) is 20.4. The van der Waals surface area contributed by atoms with Crippen LogP contribution in [0.15, 0.2) is 122 Å². The number of pyridine rings is 2. The van der Waals surface area contributed by atoms with Crippen LogP contribution in [0.4, 0.5) is 0 Å². The maximum atomic E-state index is 4.61. The number of fused-ring (bicyclic) bond motifs is 3. The fourth-order valence-electron chi connectivity index (χ4n) is 6.70. The van der Waals surface area contributed by atoms with Crippen LogP contribution in [0.2, 0.25) is 0 Å². The van der Waals surface area contributed by atoms with Gasteiger partial charge in [-0.2, -0.15) is 0 Å². The Morgan fingerprint density at radius 3 is 1.32 bits per heavy atom. The Balaban J connectivity index is 1.40. The van der Waals surface area contributed by atoms with Crippen molar-refractivity contribution in [2.45, 2.75) is 0 Å². The number of nitrogens with zero attached hydrogens (tertiary/aromatic N) is 2. The molecule has 0 aliphatic heterocycles. The lowest BCUT2D eigenvalue weighted by molar-refractivity contribution is 1.41. The topological polar surface area (TPSA) is 25.8 Å². The van der Waals surface area contributed by atoms with E-state index in [4.69, 9.17) is 0 Å². The number of hydrogen-bond donors (Lipinski definition) is 0. The quantitative estimate of drug-likeness (QED) is 0.230. The van der Waals surface area contributed by atoms with Gasteiger partial charge in [-0.25, -0.2) is 0 Å². The predicted molar refractivity (Wildman–Crippen MR) is 159 cm³/mol. The Morgan fingerprint density at radius 2 is 0.789 bits per heavy atom. The van der Waals surface area contributed by atoms with E-state index in [9.17, 15) is 0 Å². The van der Waals surface area contributed by atoms with Crippen molar-refractivity contribution in [1.82, 2.24) is 9.97 Å². The van der Waals surface area contributed by atoms with Crippen molar-refractivity contribution < 1.29 is 0 Å². The second kappa shape index (κ2) is 7.24. The molecule has 8 aromatic rings. The first kappa shape index (κ1) is 20.0. The Labute approximate surface area is 218 Å². The van der Waals surface area contributed by atoms with E-state index < -0.39 is 0 Å². The van der Waals surface area contributed by atoms with Crippen LogP contribution in [-0.4, -0.2) is 9.97 Å². The molecule has 0 amide bonds. The summed E-state index contributed by atoms with van der Waals surface area (Å²) in [5.74, 6) is 0. The number of aromatic nitrogens is 2. The van der Waals surface area contributed by atoms with Gasteiger partial charge in [-0.3, -0.25) is 9.97 Å². The van der Waals surface area contributed by atoms with Crippen LogP contribution in [-0.2, 0) is 0 Å². The molecule has 0 unspecified atom stereocenters. The molecular weight excluding hydrogens is 460 g/mol. The monoisotopic (exact) mass is 480 g/mol. The van der Waals surface area contributed by atoms with Crippen molar-refractivity contribution in [2.24, 2.45) is 0 Å². The van der Waals surface area contributed by atoms with E-state index >= 15 is 0 Å². The van der Waals surface area contributed by atoms with Crippen LogP contribution < -0.4 is 0 Å². The highest BCUT2D eigenvalue weighted by molar-refractivity contribution is 6.35. The lowest BCUT2D eigenvalue weighted by Gasteiger charge is -2.12. The maximum absolute atomic E-state index is 4.61. The van der Waals surface area contributed by atoms with Crippen molar-refractivity contribution in [3.63, 3.8) is 0 Å². The average molecular weight is 481 g/mol. The Kier molecular flexibility index (Phi) is 3.82. The van der Waals surface area contributed by atoms with Crippen LogP contribution >= 0.6 is 0 Å². The molecular formula is C36H20N2. The average Bonchev–Trinajstić information content (AvgIpc) is 3.33. The Morgan fingerprint density at radius 1 is 0.316 bits per heavy atom. The van der Waals surface area contributed by atoms with Crippen molar-refractivity contribution in [2.75, 3.05) is 0 Å². The van der Waals surface area contributed by atoms with Gasteiger partial charge in [0.05, 0.1) is 11.0 Å². The third-order valence-electron chi connectivity index (χ3n) is 8.30. The summed E-state index contributed by atoms with van der Waals surface area (Å²) >= 11 is 0. The van der Waals surface area contributed by atoms with Crippen molar-refractivity contribution in [1.29, 1.82) is 0 Å². The lowest BCUT2D eigenvalue weighted by atomic mass is 9.91. The van der Waals surface area contributed by atoms with Crippen molar-refractivity contribution >= 4 is 54.1 Å². The Hall–Kier alpha value is -5.08. The summed E-state index contributed by atoms with van der Waals surface area (Å²) in [6, 6.07) is 39.7. The van der Waals surface area contributed by atoms with Crippen LogP contribution in [0.5, 0.6) is 0 Å². The molecule has 9 rings (SSSR count). The molecule has 0 N–H and O–H groups in total. The molecule has 0 radical (unpaired) electrons. The zero-order valence-electron chi connectivity index (χ0n) is 20.4. The highest BCUT2D eigenvalue weighted by Gasteiger charge is 2.24. The van der Waals surface area contributed by atoms with Crippen LogP contribution in [0.3, 0.4) is 0 Å². The van der Waals surface area contributed by atoms with Gasteiger partial charge in [-0.1, -0.05) is 84.9 Å². The third kappa shape index (κ3) is 2.51. The molecule has 2 aromatic heterocycles. The van der Waals surface area contributed by atoms with Gasteiger partial charge in [-0.15, -0.1) is 0 Å². The first-order chi connectivity index (χ1) is 18.9. The molecule has 174 valence electrons. The number of benzene rings is 6. The molecule has 38 heavy (non-hydrogen) atoms. The van der Waals surface area contributed by atoms with Crippen molar-refractivity contribution in [3.8, 4) is 33.4 Å². The van der Waals surface area contributed by atoms with E-state index in [2.05, 4.69) is 107 Å². The number of hydrogen-bond acceptors (Lipinski definition) is 2. The second-order valence-corrected chi connectivity index (χ2v) is 10.1. The Bertz CT molecular complexity index is 2120. The highest BCUT2D eigenvalue weighted by Crippen LogP contribution is 2.51. The van der Waals surface area contributed by atoms with Gasteiger partial charge < -0.3 is 0 Å². The molecule has 0 saturated carbocycles. The van der Waals surface area contributed by atoms with Gasteiger partial charge in [-0.05, 0) is 90.0 Å². The van der Waals surface area contributed by atoms with Crippen LogP contribution in [0, 0.1) is 0 Å². The third-order valence-corrected chi connectivity index (χ3v) is 8.30. The van der Waals surface area contributed by atoms with Crippen LogP contribution in [0.25, 0.3) is 87.5 Å². The first-order valence-corrected chi connectivity index (χ1v) is 13.0. The number of rotatable bonds is 2. The molecule has 2 nitrogen and oxygen atoms in total. The highest BCUT2D eigenvalue weighted by atomic mass is 14.6. The van der Waals surface area contributed by atoms with E-state index in [0.717, 1.165) is 11.0 Å². The molecule has 0 saturated heterocycles. The normalized spacial score (nSPS) is 12.2. The fourth-order valence-corrected chi connectivity index (χ4v) is 6.70. The molecule has 1 aliphatic rings. The summed E-state index contributed by atoms with van der Waals surface area (Å²) in [4.78, 5) is 9.22. The minimum absolute atomic E-state index is 1.03. The van der Waals surface area contributed by atoms with Gasteiger partial charge >= 0.3 is 0 Å². The second-order valence-electron chi connectivity index (χ2n) is 10.1. The predicted octanol–water partition coefficient (Wildman–Crippen LogP) is 9.56. The molecule has 6 aromatic carbocycles. The summed E-state index contributed by atoms with van der Waals surface area (Å²) in [6.45, 7) is 0. The summed E-state index contributed by atoms with van der Waals surface area (Å²) in [5.41, 5.74) is 9.68. The molecule has 0 bridgehead atoms. The van der Waals surface area contributed by atoms with Gasteiger partial charge in [0.2, 0.25) is 0 Å². The van der Waals surface area contributed by atoms with E-state index in [0.29, 0.717) is 0 Å². The van der Waals surface area contributed by atoms with E-state index in [1.807, 2.05) is 24.5 Å². The van der Waals surface area contributed by atoms with Gasteiger partial charge in [0.15, 0.2) is 0 Å². The molecule has 0 atom stereocenters. The zero-order chi connectivity index (χ0) is 24.8. The molecule has 0 fully saturated rings. The summed E-state index contributed by atoms with van der Waals surface area (Å²) in [7, 11) is 0. The van der Waals surface area contributed by atoms with Gasteiger partial charge in [0.1, 0.15) is 0 Å². The SMILES string of the molecule is c1cc(-c2ccc3c4c2ccc2ccc5c(-c6cccc7ncccc67)ccc-3c5c24)c2cccnc2c1. The van der Waals surface area contributed by atoms with Gasteiger partial charge in [0.25, 0.3) is 0 Å². The first-order valence-electron chi connectivity index (χ1n) is 13.0. The van der Waals surface area contributed by atoms with Crippen LogP contribution in [0.1, 0.15) is 0 Å². The van der Waals surface area contributed by atoms with E-state index in [-0.39, 0.29) is 0 Å². The largest absolute Gasteiger partial charge is 0.256 e. The van der Waals surface area contributed by atoms with E-state index in [1.165, 1.54) is 76.5 Å². The molecule has 0 spiro atoms. The molecule has 1 aliphatic carbocycles. The molecule has 2 heterocycles. The standard InChI is InChI=1S/C36H20N2/c1-5-22(26-7-3-19-37-32(26)9-1)24-15-17-30-31-18-16-25(23-6-2-10-33-27(23)8-4-20-38-33)29-14-12-21-11-13-28(24)35(30)34(21)36(29)31/h1-20H. The van der Waals surface area contributed by atoms with E-state index in [1.54, 1.807) is 0 Å². The molecule has 2 heteroatoms. The fraction of sp³-hybridized carbons (Fsp3) is 0. The summed E-state index contributed by atoms with van der Waals surface area (Å²) < 4.78 is 0. The smallest absolute Gasteiger partial charge is 0.0708 e.